The molecular weight excluding hydrogens is 316 g/mol. The van der Waals surface area contributed by atoms with Gasteiger partial charge in [0.05, 0.1) is 5.75 Å². The standard InChI is InChI=1S/C9H6BrClN2S2/c10-6-3-1-2-4-7(6)14-5-8-12-9(11)15-13-8/h1-4H,5H2. The summed E-state index contributed by atoms with van der Waals surface area (Å²) in [5.41, 5.74) is 0. The molecule has 0 saturated heterocycles. The normalized spacial score (nSPS) is 10.5. The SMILES string of the molecule is Clc1nc(CSc2ccccc2Br)ns1. The number of thioether (sulfide) groups is 1. The molecule has 0 unspecified atom stereocenters. The average Bonchev–Trinajstić information content (AvgIpc) is 2.63. The lowest BCUT2D eigenvalue weighted by molar-refractivity contribution is 1.13. The van der Waals surface area contributed by atoms with E-state index in [2.05, 4.69) is 31.4 Å². The molecule has 0 aliphatic carbocycles. The van der Waals surface area contributed by atoms with E-state index in [1.165, 1.54) is 16.4 Å². The molecule has 0 fully saturated rings. The smallest absolute Gasteiger partial charge is 0.203 e. The van der Waals surface area contributed by atoms with Crippen molar-refractivity contribution in [2.75, 3.05) is 0 Å². The van der Waals surface area contributed by atoms with Gasteiger partial charge in [0.2, 0.25) is 4.47 Å². The molecule has 0 radical (unpaired) electrons. The van der Waals surface area contributed by atoms with Crippen molar-refractivity contribution in [3.63, 3.8) is 0 Å². The van der Waals surface area contributed by atoms with Crippen LogP contribution in [0, 0.1) is 0 Å². The lowest BCUT2D eigenvalue weighted by atomic mass is 10.4. The van der Waals surface area contributed by atoms with Crippen LogP contribution in [0.1, 0.15) is 5.82 Å². The number of hydrogen-bond acceptors (Lipinski definition) is 4. The van der Waals surface area contributed by atoms with Gasteiger partial charge < -0.3 is 0 Å². The minimum Gasteiger partial charge on any atom is -0.207 e. The highest BCUT2D eigenvalue weighted by atomic mass is 79.9. The van der Waals surface area contributed by atoms with Crippen molar-refractivity contribution in [3.8, 4) is 0 Å². The van der Waals surface area contributed by atoms with Crippen molar-refractivity contribution >= 4 is 50.8 Å². The molecule has 0 atom stereocenters. The minimum absolute atomic E-state index is 0.498. The second-order valence-electron chi connectivity index (χ2n) is 2.68. The van der Waals surface area contributed by atoms with Gasteiger partial charge in [-0.15, -0.1) is 11.8 Å². The molecule has 0 saturated carbocycles. The molecule has 2 nitrogen and oxygen atoms in total. The highest BCUT2D eigenvalue weighted by Gasteiger charge is 2.04. The van der Waals surface area contributed by atoms with Crippen molar-refractivity contribution < 1.29 is 0 Å². The van der Waals surface area contributed by atoms with Gasteiger partial charge in [-0.1, -0.05) is 12.1 Å². The molecule has 1 aromatic heterocycles. The summed E-state index contributed by atoms with van der Waals surface area (Å²) in [6, 6.07) is 8.08. The zero-order valence-electron chi connectivity index (χ0n) is 7.48. The molecule has 2 rings (SSSR count). The predicted molar refractivity (Wildman–Crippen MR) is 68.6 cm³/mol. The van der Waals surface area contributed by atoms with Crippen molar-refractivity contribution in [2.24, 2.45) is 0 Å². The summed E-state index contributed by atoms with van der Waals surface area (Å²) in [4.78, 5) is 5.28. The number of nitrogens with zero attached hydrogens (tertiary/aromatic N) is 2. The maximum absolute atomic E-state index is 5.70. The number of aromatic nitrogens is 2. The van der Waals surface area contributed by atoms with Gasteiger partial charge in [0.15, 0.2) is 5.82 Å². The summed E-state index contributed by atoms with van der Waals surface area (Å²) >= 11 is 12.1. The van der Waals surface area contributed by atoms with Gasteiger partial charge in [0, 0.05) is 9.37 Å². The molecule has 0 aliphatic rings. The third kappa shape index (κ3) is 3.17. The highest BCUT2D eigenvalue weighted by Crippen LogP contribution is 2.29. The van der Waals surface area contributed by atoms with Crippen LogP contribution in [0.3, 0.4) is 0 Å². The largest absolute Gasteiger partial charge is 0.207 e. The van der Waals surface area contributed by atoms with Gasteiger partial charge in [-0.05, 0) is 51.2 Å². The zero-order chi connectivity index (χ0) is 10.7. The van der Waals surface area contributed by atoms with Gasteiger partial charge in [-0.25, -0.2) is 4.98 Å². The Kier molecular flexibility index (Phi) is 4.02. The van der Waals surface area contributed by atoms with E-state index in [0.29, 0.717) is 4.47 Å². The van der Waals surface area contributed by atoms with Crippen LogP contribution >= 0.6 is 50.8 Å². The van der Waals surface area contributed by atoms with Crippen LogP contribution in [-0.4, -0.2) is 9.36 Å². The Hall–Kier alpha value is -0.100. The fraction of sp³-hybridized carbons (Fsp3) is 0.111. The van der Waals surface area contributed by atoms with Crippen LogP contribution in [0.4, 0.5) is 0 Å². The number of halogens is 2. The van der Waals surface area contributed by atoms with Gasteiger partial charge in [-0.2, -0.15) is 4.37 Å². The first-order valence-corrected chi connectivity index (χ1v) is 7.04. The summed E-state index contributed by atoms with van der Waals surface area (Å²) in [7, 11) is 0. The summed E-state index contributed by atoms with van der Waals surface area (Å²) in [5, 5.41) is 0. The maximum Gasteiger partial charge on any atom is 0.203 e. The van der Waals surface area contributed by atoms with E-state index in [-0.39, 0.29) is 0 Å². The van der Waals surface area contributed by atoms with E-state index in [1.54, 1.807) is 11.8 Å². The highest BCUT2D eigenvalue weighted by molar-refractivity contribution is 9.10. The molecule has 0 N–H and O–H groups in total. The summed E-state index contributed by atoms with van der Waals surface area (Å²) in [5.74, 6) is 1.53. The lowest BCUT2D eigenvalue weighted by Gasteiger charge is -2.00. The van der Waals surface area contributed by atoms with Crippen LogP contribution in [0.2, 0.25) is 4.47 Å². The average molecular weight is 322 g/mol. The Labute approximate surface area is 109 Å². The van der Waals surface area contributed by atoms with Crippen LogP contribution < -0.4 is 0 Å². The first-order valence-electron chi connectivity index (χ1n) is 4.11. The Morgan fingerprint density at radius 1 is 1.40 bits per heavy atom. The van der Waals surface area contributed by atoms with E-state index < -0.39 is 0 Å². The molecule has 1 aromatic carbocycles. The Morgan fingerprint density at radius 2 is 2.20 bits per heavy atom. The molecule has 0 amide bonds. The summed E-state index contributed by atoms with van der Waals surface area (Å²) in [6.07, 6.45) is 0. The van der Waals surface area contributed by atoms with E-state index in [0.717, 1.165) is 16.0 Å². The van der Waals surface area contributed by atoms with Crippen LogP contribution in [0.15, 0.2) is 33.6 Å². The Morgan fingerprint density at radius 3 is 2.87 bits per heavy atom. The summed E-state index contributed by atoms with van der Waals surface area (Å²) < 4.78 is 5.71. The monoisotopic (exact) mass is 320 g/mol. The van der Waals surface area contributed by atoms with Crippen molar-refractivity contribution in [3.05, 3.63) is 39.0 Å². The van der Waals surface area contributed by atoms with Gasteiger partial charge in [0.1, 0.15) is 0 Å². The molecular formula is C9H6BrClN2S2. The van der Waals surface area contributed by atoms with E-state index in [4.69, 9.17) is 11.6 Å². The molecule has 2 aromatic rings. The fourth-order valence-corrected chi connectivity index (χ4v) is 3.13. The van der Waals surface area contributed by atoms with Gasteiger partial charge >= 0.3 is 0 Å². The molecule has 0 aliphatic heterocycles. The second kappa shape index (κ2) is 5.30. The third-order valence-corrected chi connectivity index (χ3v) is 4.50. The topological polar surface area (TPSA) is 25.8 Å². The van der Waals surface area contributed by atoms with Gasteiger partial charge in [-0.3, -0.25) is 0 Å². The van der Waals surface area contributed by atoms with E-state index in [1.807, 2.05) is 18.2 Å². The Balaban J connectivity index is 2.02. The predicted octanol–water partition coefficient (Wildman–Crippen LogP) is 4.25. The first kappa shape index (κ1) is 11.4. The van der Waals surface area contributed by atoms with Crippen LogP contribution in [0.25, 0.3) is 0 Å². The fourth-order valence-electron chi connectivity index (χ4n) is 0.995. The number of hydrogen-bond donors (Lipinski definition) is 0. The van der Waals surface area contributed by atoms with E-state index in [9.17, 15) is 0 Å². The molecule has 6 heteroatoms. The van der Waals surface area contributed by atoms with Crippen molar-refractivity contribution in [1.82, 2.24) is 9.36 Å². The van der Waals surface area contributed by atoms with E-state index >= 15 is 0 Å². The first-order chi connectivity index (χ1) is 7.25. The molecule has 1 heterocycles. The van der Waals surface area contributed by atoms with Crippen molar-refractivity contribution in [1.29, 1.82) is 0 Å². The third-order valence-electron chi connectivity index (χ3n) is 1.64. The van der Waals surface area contributed by atoms with Crippen LogP contribution in [0.5, 0.6) is 0 Å². The zero-order valence-corrected chi connectivity index (χ0v) is 11.5. The minimum atomic E-state index is 0.498. The second-order valence-corrected chi connectivity index (χ2v) is 5.89. The number of benzene rings is 1. The quantitative estimate of drug-likeness (QED) is 0.791. The van der Waals surface area contributed by atoms with Gasteiger partial charge in [0.25, 0.3) is 0 Å². The number of rotatable bonds is 3. The lowest BCUT2D eigenvalue weighted by Crippen LogP contribution is -1.83. The van der Waals surface area contributed by atoms with Crippen molar-refractivity contribution in [2.45, 2.75) is 10.6 Å². The van der Waals surface area contributed by atoms with Crippen LogP contribution in [-0.2, 0) is 5.75 Å². The molecule has 0 bridgehead atoms. The summed E-state index contributed by atoms with van der Waals surface area (Å²) in [6.45, 7) is 0. The molecule has 0 spiro atoms. The molecule has 78 valence electrons. The Bertz CT molecular complexity index is 461. The maximum atomic E-state index is 5.70. The molecule has 15 heavy (non-hydrogen) atoms.